The molecular formula is C19H21NO4. The Morgan fingerprint density at radius 1 is 1.12 bits per heavy atom. The van der Waals surface area contributed by atoms with Crippen LogP contribution in [0.25, 0.3) is 0 Å². The summed E-state index contributed by atoms with van der Waals surface area (Å²) in [7, 11) is 0. The van der Waals surface area contributed by atoms with Crippen LogP contribution in [-0.4, -0.2) is 25.7 Å². The van der Waals surface area contributed by atoms with Gasteiger partial charge < -0.3 is 19.5 Å². The minimum atomic E-state index is -0.217. The van der Waals surface area contributed by atoms with E-state index in [1.54, 1.807) is 12.1 Å². The van der Waals surface area contributed by atoms with Crippen LogP contribution in [0, 0.1) is 13.8 Å². The zero-order valence-electron chi connectivity index (χ0n) is 13.9. The zero-order chi connectivity index (χ0) is 16.9. The molecule has 3 rings (SSSR count). The molecule has 0 aromatic heterocycles. The third kappa shape index (κ3) is 3.79. The Labute approximate surface area is 141 Å². The molecule has 2 aromatic rings. The monoisotopic (exact) mass is 327 g/mol. The summed E-state index contributed by atoms with van der Waals surface area (Å²) < 4.78 is 16.8. The van der Waals surface area contributed by atoms with Gasteiger partial charge in [-0.3, -0.25) is 4.79 Å². The lowest BCUT2D eigenvalue weighted by Crippen LogP contribution is -2.20. The molecule has 2 aromatic carbocycles. The van der Waals surface area contributed by atoms with Crippen LogP contribution < -0.4 is 19.5 Å². The van der Waals surface area contributed by atoms with E-state index in [2.05, 4.69) is 5.32 Å². The van der Waals surface area contributed by atoms with Crippen molar-refractivity contribution in [1.29, 1.82) is 0 Å². The average Bonchev–Trinajstić information content (AvgIpc) is 2.81. The van der Waals surface area contributed by atoms with Gasteiger partial charge in [0.1, 0.15) is 5.75 Å². The van der Waals surface area contributed by atoms with Gasteiger partial charge in [0.15, 0.2) is 18.1 Å². The van der Waals surface area contributed by atoms with Crippen LogP contribution in [0.15, 0.2) is 36.4 Å². The number of rotatable bonds is 4. The SMILES string of the molecule is Cc1cccc(OCC(=O)Nc2ccc3c(c2)OCCCO3)c1C. The van der Waals surface area contributed by atoms with Crippen molar-refractivity contribution in [2.75, 3.05) is 25.1 Å². The first kappa shape index (κ1) is 16.2. The Hall–Kier alpha value is -2.69. The first-order valence-corrected chi connectivity index (χ1v) is 8.02. The van der Waals surface area contributed by atoms with E-state index in [1.807, 2.05) is 38.1 Å². The molecule has 0 atom stereocenters. The van der Waals surface area contributed by atoms with Crippen LogP contribution in [0.3, 0.4) is 0 Å². The number of carbonyl (C=O) groups excluding carboxylic acids is 1. The molecule has 1 N–H and O–H groups in total. The fourth-order valence-electron chi connectivity index (χ4n) is 2.46. The van der Waals surface area contributed by atoms with E-state index in [9.17, 15) is 4.79 Å². The standard InChI is InChI=1S/C19H21NO4/c1-13-5-3-6-16(14(13)2)24-12-19(21)20-15-7-8-17-18(11-15)23-10-4-9-22-17/h3,5-8,11H,4,9-10,12H2,1-2H3,(H,20,21). The highest BCUT2D eigenvalue weighted by Gasteiger charge is 2.12. The number of carbonyl (C=O) groups is 1. The largest absolute Gasteiger partial charge is 0.490 e. The van der Waals surface area contributed by atoms with Crippen molar-refractivity contribution < 1.29 is 19.0 Å². The second kappa shape index (κ2) is 7.25. The molecule has 24 heavy (non-hydrogen) atoms. The predicted octanol–water partition coefficient (Wildman–Crippen LogP) is 3.48. The van der Waals surface area contributed by atoms with Gasteiger partial charge in [-0.1, -0.05) is 12.1 Å². The number of benzene rings is 2. The first-order valence-electron chi connectivity index (χ1n) is 8.02. The van der Waals surface area contributed by atoms with Gasteiger partial charge in [0.2, 0.25) is 0 Å². The number of hydrogen-bond donors (Lipinski definition) is 1. The van der Waals surface area contributed by atoms with Crippen molar-refractivity contribution in [3.63, 3.8) is 0 Å². The number of aryl methyl sites for hydroxylation is 1. The highest BCUT2D eigenvalue weighted by atomic mass is 16.5. The number of anilines is 1. The van der Waals surface area contributed by atoms with E-state index in [-0.39, 0.29) is 12.5 Å². The molecule has 1 amide bonds. The van der Waals surface area contributed by atoms with Gasteiger partial charge in [-0.05, 0) is 43.2 Å². The molecule has 1 heterocycles. The molecule has 0 unspecified atom stereocenters. The first-order chi connectivity index (χ1) is 11.6. The molecule has 5 nitrogen and oxygen atoms in total. The van der Waals surface area contributed by atoms with Crippen LogP contribution in [0.5, 0.6) is 17.2 Å². The maximum Gasteiger partial charge on any atom is 0.262 e. The summed E-state index contributed by atoms with van der Waals surface area (Å²) in [6.07, 6.45) is 0.847. The van der Waals surface area contributed by atoms with E-state index in [1.165, 1.54) is 0 Å². The highest BCUT2D eigenvalue weighted by Crippen LogP contribution is 2.32. The predicted molar refractivity (Wildman–Crippen MR) is 92.1 cm³/mol. The van der Waals surface area contributed by atoms with Gasteiger partial charge in [0, 0.05) is 18.2 Å². The number of fused-ring (bicyclic) bond motifs is 1. The maximum absolute atomic E-state index is 12.1. The Morgan fingerprint density at radius 2 is 1.92 bits per heavy atom. The molecule has 0 saturated carbocycles. The topological polar surface area (TPSA) is 56.8 Å². The van der Waals surface area contributed by atoms with Crippen LogP contribution in [0.4, 0.5) is 5.69 Å². The Kier molecular flexibility index (Phi) is 4.89. The van der Waals surface area contributed by atoms with E-state index in [0.29, 0.717) is 30.4 Å². The van der Waals surface area contributed by atoms with Crippen molar-refractivity contribution in [2.45, 2.75) is 20.3 Å². The second-order valence-electron chi connectivity index (χ2n) is 5.75. The van der Waals surface area contributed by atoms with Gasteiger partial charge in [-0.2, -0.15) is 0 Å². The van der Waals surface area contributed by atoms with Gasteiger partial charge in [0.05, 0.1) is 13.2 Å². The smallest absolute Gasteiger partial charge is 0.262 e. The second-order valence-corrected chi connectivity index (χ2v) is 5.75. The van der Waals surface area contributed by atoms with Gasteiger partial charge in [0.25, 0.3) is 5.91 Å². The minimum absolute atomic E-state index is 0.0429. The quantitative estimate of drug-likeness (QED) is 0.934. The summed E-state index contributed by atoms with van der Waals surface area (Å²) in [5.74, 6) is 1.87. The van der Waals surface area contributed by atoms with Crippen LogP contribution in [0.2, 0.25) is 0 Å². The molecule has 126 valence electrons. The Morgan fingerprint density at radius 3 is 2.75 bits per heavy atom. The van der Waals surface area contributed by atoms with Gasteiger partial charge in [-0.25, -0.2) is 0 Å². The number of hydrogen-bond acceptors (Lipinski definition) is 4. The molecule has 0 bridgehead atoms. The highest BCUT2D eigenvalue weighted by molar-refractivity contribution is 5.92. The molecule has 0 radical (unpaired) electrons. The molecule has 1 aliphatic rings. The normalized spacial score (nSPS) is 13.1. The number of ether oxygens (including phenoxy) is 3. The summed E-state index contributed by atoms with van der Waals surface area (Å²) >= 11 is 0. The Bertz CT molecular complexity index is 742. The van der Waals surface area contributed by atoms with E-state index < -0.39 is 0 Å². The molecule has 0 spiro atoms. The van der Waals surface area contributed by atoms with Crippen molar-refractivity contribution in [3.05, 3.63) is 47.5 Å². The zero-order valence-corrected chi connectivity index (χ0v) is 13.9. The molecular weight excluding hydrogens is 306 g/mol. The maximum atomic E-state index is 12.1. The summed E-state index contributed by atoms with van der Waals surface area (Å²) in [5, 5.41) is 2.82. The molecule has 0 aliphatic carbocycles. The summed E-state index contributed by atoms with van der Waals surface area (Å²) in [6.45, 7) is 5.20. The van der Waals surface area contributed by atoms with E-state index in [0.717, 1.165) is 23.3 Å². The number of amides is 1. The molecule has 1 aliphatic heterocycles. The van der Waals surface area contributed by atoms with Crippen molar-refractivity contribution >= 4 is 11.6 Å². The third-order valence-electron chi connectivity index (χ3n) is 3.94. The van der Waals surface area contributed by atoms with Gasteiger partial charge in [-0.15, -0.1) is 0 Å². The lowest BCUT2D eigenvalue weighted by molar-refractivity contribution is -0.118. The van der Waals surface area contributed by atoms with Gasteiger partial charge >= 0.3 is 0 Å². The Balaban J connectivity index is 1.61. The fraction of sp³-hybridized carbons (Fsp3) is 0.316. The summed E-state index contributed by atoms with van der Waals surface area (Å²) in [5.41, 5.74) is 2.84. The van der Waals surface area contributed by atoms with E-state index in [4.69, 9.17) is 14.2 Å². The summed E-state index contributed by atoms with van der Waals surface area (Å²) in [6, 6.07) is 11.2. The summed E-state index contributed by atoms with van der Waals surface area (Å²) in [4.78, 5) is 12.1. The van der Waals surface area contributed by atoms with Crippen LogP contribution in [0.1, 0.15) is 17.5 Å². The van der Waals surface area contributed by atoms with Crippen molar-refractivity contribution in [3.8, 4) is 17.2 Å². The average molecular weight is 327 g/mol. The third-order valence-corrected chi connectivity index (χ3v) is 3.94. The fourth-order valence-corrected chi connectivity index (χ4v) is 2.46. The number of nitrogens with one attached hydrogen (secondary N) is 1. The van der Waals surface area contributed by atoms with Crippen molar-refractivity contribution in [1.82, 2.24) is 0 Å². The lowest BCUT2D eigenvalue weighted by Gasteiger charge is -2.12. The van der Waals surface area contributed by atoms with E-state index >= 15 is 0 Å². The minimum Gasteiger partial charge on any atom is -0.490 e. The van der Waals surface area contributed by atoms with Crippen LogP contribution in [-0.2, 0) is 4.79 Å². The molecule has 0 saturated heterocycles. The van der Waals surface area contributed by atoms with Crippen molar-refractivity contribution in [2.24, 2.45) is 0 Å². The molecule has 0 fully saturated rings. The van der Waals surface area contributed by atoms with Crippen LogP contribution >= 0.6 is 0 Å². The lowest BCUT2D eigenvalue weighted by atomic mass is 10.1. The molecule has 5 heteroatoms.